The topological polar surface area (TPSA) is 58.9 Å². The Morgan fingerprint density at radius 3 is 2.44 bits per heavy atom. The van der Waals surface area contributed by atoms with Crippen LogP contribution in [0.3, 0.4) is 0 Å². The van der Waals surface area contributed by atoms with Gasteiger partial charge in [0, 0.05) is 11.6 Å². The number of ether oxygens (including phenoxy) is 2. The third-order valence-electron chi connectivity index (χ3n) is 2.15. The minimum Gasteiger partial charge on any atom is -0.497 e. The summed E-state index contributed by atoms with van der Waals surface area (Å²) in [6, 6.07) is 5.21. The molecule has 0 radical (unpaired) electrons. The highest BCUT2D eigenvalue weighted by molar-refractivity contribution is 5.41. The molecule has 0 fully saturated rings. The monoisotopic (exact) mass is 226 g/mol. The molecule has 0 aliphatic heterocycles. The van der Waals surface area contributed by atoms with Crippen molar-refractivity contribution >= 4 is 0 Å². The van der Waals surface area contributed by atoms with Gasteiger partial charge in [-0.1, -0.05) is 0 Å². The van der Waals surface area contributed by atoms with E-state index in [2.05, 4.69) is 0 Å². The first kappa shape index (κ1) is 12.8. The fourth-order valence-electron chi connectivity index (χ4n) is 1.32. The zero-order valence-corrected chi connectivity index (χ0v) is 9.80. The highest BCUT2D eigenvalue weighted by atomic mass is 16.5. The molecule has 2 unspecified atom stereocenters. The first-order valence-electron chi connectivity index (χ1n) is 5.21. The molecule has 0 heterocycles. The van der Waals surface area contributed by atoms with E-state index >= 15 is 0 Å². The average Bonchev–Trinajstić information content (AvgIpc) is 2.25. The maximum atomic E-state index is 9.55. The van der Waals surface area contributed by atoms with Gasteiger partial charge in [-0.2, -0.15) is 0 Å². The lowest BCUT2D eigenvalue weighted by Crippen LogP contribution is -2.14. The molecule has 4 nitrogen and oxygen atoms in total. The minimum absolute atomic E-state index is 0.187. The Bertz CT molecular complexity index is 334. The van der Waals surface area contributed by atoms with Crippen LogP contribution in [0.25, 0.3) is 0 Å². The molecule has 1 aromatic carbocycles. The predicted molar refractivity (Wildman–Crippen MR) is 60.8 cm³/mol. The van der Waals surface area contributed by atoms with Crippen LogP contribution in [0.1, 0.15) is 25.5 Å². The Labute approximate surface area is 95.4 Å². The largest absolute Gasteiger partial charge is 0.497 e. The van der Waals surface area contributed by atoms with Gasteiger partial charge in [0.2, 0.25) is 0 Å². The van der Waals surface area contributed by atoms with E-state index < -0.39 is 12.2 Å². The summed E-state index contributed by atoms with van der Waals surface area (Å²) in [5, 5.41) is 18.7. The highest BCUT2D eigenvalue weighted by Crippen LogP contribution is 2.29. The van der Waals surface area contributed by atoms with Crippen molar-refractivity contribution < 1.29 is 19.7 Å². The van der Waals surface area contributed by atoms with Gasteiger partial charge in [0.15, 0.2) is 0 Å². The third-order valence-corrected chi connectivity index (χ3v) is 2.15. The Balaban J connectivity index is 2.91. The van der Waals surface area contributed by atoms with Gasteiger partial charge in [-0.25, -0.2) is 0 Å². The van der Waals surface area contributed by atoms with Gasteiger partial charge in [-0.15, -0.1) is 0 Å². The van der Waals surface area contributed by atoms with Crippen LogP contribution < -0.4 is 9.47 Å². The summed E-state index contributed by atoms with van der Waals surface area (Å²) in [6.07, 6.45) is -1.16. The molecule has 0 aromatic heterocycles. The van der Waals surface area contributed by atoms with Crippen molar-refractivity contribution in [2.45, 2.75) is 26.1 Å². The van der Waals surface area contributed by atoms with Crippen molar-refractivity contribution in [2.75, 3.05) is 13.7 Å². The number of hydrogen-bond donors (Lipinski definition) is 2. The van der Waals surface area contributed by atoms with Crippen molar-refractivity contribution in [3.63, 3.8) is 0 Å². The van der Waals surface area contributed by atoms with Crippen molar-refractivity contribution in [3.8, 4) is 11.5 Å². The van der Waals surface area contributed by atoms with Gasteiger partial charge < -0.3 is 19.7 Å². The second-order valence-corrected chi connectivity index (χ2v) is 3.74. The van der Waals surface area contributed by atoms with Gasteiger partial charge in [-0.05, 0) is 26.0 Å². The van der Waals surface area contributed by atoms with E-state index in [4.69, 9.17) is 14.6 Å². The quantitative estimate of drug-likeness (QED) is 0.799. The Kier molecular flexibility index (Phi) is 4.58. The fourth-order valence-corrected chi connectivity index (χ4v) is 1.32. The van der Waals surface area contributed by atoms with Crippen LogP contribution >= 0.6 is 0 Å². The van der Waals surface area contributed by atoms with Gasteiger partial charge in [-0.3, -0.25) is 0 Å². The zero-order chi connectivity index (χ0) is 12.1. The molecular formula is C12H18O4. The lowest BCUT2D eigenvalue weighted by molar-refractivity contribution is 0.118. The number of hydrogen-bond acceptors (Lipinski definition) is 4. The van der Waals surface area contributed by atoms with E-state index in [0.717, 1.165) is 0 Å². The molecule has 2 N–H and O–H groups in total. The van der Waals surface area contributed by atoms with Crippen LogP contribution in [0.2, 0.25) is 0 Å². The lowest BCUT2D eigenvalue weighted by Gasteiger charge is -2.15. The first-order valence-corrected chi connectivity index (χ1v) is 5.21. The Hall–Kier alpha value is -1.26. The van der Waals surface area contributed by atoms with Crippen LogP contribution in [-0.2, 0) is 0 Å². The SMILES string of the molecule is COc1ccc(C(C)O)c(OCC(C)O)c1. The van der Waals surface area contributed by atoms with E-state index in [1.165, 1.54) is 0 Å². The van der Waals surface area contributed by atoms with Crippen LogP contribution in [-0.4, -0.2) is 30.0 Å². The average molecular weight is 226 g/mol. The summed E-state index contributed by atoms with van der Waals surface area (Å²) in [5.74, 6) is 1.19. The number of benzene rings is 1. The minimum atomic E-state index is -0.616. The van der Waals surface area contributed by atoms with Gasteiger partial charge in [0.25, 0.3) is 0 Å². The summed E-state index contributed by atoms with van der Waals surface area (Å²) in [7, 11) is 1.57. The molecule has 0 aliphatic carbocycles. The Morgan fingerprint density at radius 2 is 1.94 bits per heavy atom. The second-order valence-electron chi connectivity index (χ2n) is 3.74. The zero-order valence-electron chi connectivity index (χ0n) is 9.80. The van der Waals surface area contributed by atoms with Crippen molar-refractivity contribution in [1.82, 2.24) is 0 Å². The first-order chi connectivity index (χ1) is 7.54. The van der Waals surface area contributed by atoms with Crippen LogP contribution in [0.15, 0.2) is 18.2 Å². The molecule has 1 rings (SSSR count). The smallest absolute Gasteiger partial charge is 0.128 e. The number of rotatable bonds is 5. The maximum Gasteiger partial charge on any atom is 0.128 e. The van der Waals surface area contributed by atoms with Gasteiger partial charge in [0.05, 0.1) is 19.3 Å². The highest BCUT2D eigenvalue weighted by Gasteiger charge is 2.11. The summed E-state index contributed by atoms with van der Waals surface area (Å²) in [4.78, 5) is 0. The molecule has 0 aliphatic rings. The van der Waals surface area contributed by atoms with Crippen molar-refractivity contribution in [2.24, 2.45) is 0 Å². The van der Waals surface area contributed by atoms with E-state index in [9.17, 15) is 5.11 Å². The summed E-state index contributed by atoms with van der Waals surface area (Å²) in [6.45, 7) is 3.49. The van der Waals surface area contributed by atoms with Crippen LogP contribution in [0.5, 0.6) is 11.5 Å². The van der Waals surface area contributed by atoms with Crippen molar-refractivity contribution in [1.29, 1.82) is 0 Å². The van der Waals surface area contributed by atoms with Crippen LogP contribution in [0, 0.1) is 0 Å². The molecule has 0 saturated carbocycles. The summed E-state index contributed by atoms with van der Waals surface area (Å²) in [5.41, 5.74) is 0.682. The number of aliphatic hydroxyl groups is 2. The number of methoxy groups -OCH3 is 1. The molecule has 4 heteroatoms. The second kappa shape index (κ2) is 5.72. The molecule has 0 spiro atoms. The van der Waals surface area contributed by atoms with E-state index in [1.807, 2.05) is 0 Å². The maximum absolute atomic E-state index is 9.55. The molecule has 0 saturated heterocycles. The lowest BCUT2D eigenvalue weighted by atomic mass is 10.1. The normalized spacial score (nSPS) is 14.3. The van der Waals surface area contributed by atoms with E-state index in [0.29, 0.717) is 17.1 Å². The van der Waals surface area contributed by atoms with Gasteiger partial charge >= 0.3 is 0 Å². The molecular weight excluding hydrogens is 208 g/mol. The Morgan fingerprint density at radius 1 is 1.25 bits per heavy atom. The van der Waals surface area contributed by atoms with E-state index in [1.54, 1.807) is 39.2 Å². The van der Waals surface area contributed by atoms with Crippen LogP contribution in [0.4, 0.5) is 0 Å². The molecule has 1 aromatic rings. The van der Waals surface area contributed by atoms with Crippen molar-refractivity contribution in [3.05, 3.63) is 23.8 Å². The van der Waals surface area contributed by atoms with E-state index in [-0.39, 0.29) is 6.61 Å². The molecule has 2 atom stereocenters. The molecule has 0 bridgehead atoms. The molecule has 90 valence electrons. The fraction of sp³-hybridized carbons (Fsp3) is 0.500. The predicted octanol–water partition coefficient (Wildman–Crippen LogP) is 1.51. The number of aliphatic hydroxyl groups excluding tert-OH is 2. The molecule has 0 amide bonds. The molecule has 16 heavy (non-hydrogen) atoms. The third kappa shape index (κ3) is 3.40. The summed E-state index contributed by atoms with van der Waals surface area (Å²) < 4.78 is 10.5. The summed E-state index contributed by atoms with van der Waals surface area (Å²) >= 11 is 0. The van der Waals surface area contributed by atoms with Gasteiger partial charge in [0.1, 0.15) is 18.1 Å². The standard InChI is InChI=1S/C12H18O4/c1-8(13)7-16-12-6-10(15-3)4-5-11(12)9(2)14/h4-6,8-9,13-14H,7H2,1-3H3.